The van der Waals surface area contributed by atoms with Gasteiger partial charge in [-0.05, 0) is 18.4 Å². The number of hydrogen-bond acceptors (Lipinski definition) is 6. The van der Waals surface area contributed by atoms with Crippen LogP contribution in [0.25, 0.3) is 0 Å². The summed E-state index contributed by atoms with van der Waals surface area (Å²) in [5.74, 6) is -3.48. The smallest absolute Gasteiger partial charge is 0.414 e. The molecule has 1 aromatic heterocycles. The van der Waals surface area contributed by atoms with Gasteiger partial charge in [-0.2, -0.15) is 0 Å². The summed E-state index contributed by atoms with van der Waals surface area (Å²) in [5, 5.41) is 19.5. The lowest BCUT2D eigenvalue weighted by molar-refractivity contribution is -0.159. The number of nitrogens with one attached hydrogen (secondary N) is 1. The van der Waals surface area contributed by atoms with Crippen LogP contribution in [0.3, 0.4) is 0 Å². The quantitative estimate of drug-likeness (QED) is 0.517. The number of rotatable bonds is 4. The molecule has 1 fully saturated rings. The van der Waals surface area contributed by atoms with E-state index in [1.54, 1.807) is 4.90 Å². The second-order valence-electron chi connectivity index (χ2n) is 5.11. The van der Waals surface area contributed by atoms with Crippen LogP contribution in [0, 0.1) is 0 Å². The van der Waals surface area contributed by atoms with Crippen LogP contribution < -0.4 is 5.32 Å². The van der Waals surface area contributed by atoms with Crippen LogP contribution in [0.1, 0.15) is 16.6 Å². The number of thiophene rings is 1. The van der Waals surface area contributed by atoms with E-state index in [1.807, 2.05) is 24.4 Å². The maximum atomic E-state index is 12.0. The van der Waals surface area contributed by atoms with Gasteiger partial charge in [0.15, 0.2) is 5.78 Å². The molecule has 1 aliphatic heterocycles. The summed E-state index contributed by atoms with van der Waals surface area (Å²) in [4.78, 5) is 46.5. The third kappa shape index (κ3) is 7.31. The van der Waals surface area contributed by atoms with E-state index in [-0.39, 0.29) is 11.8 Å². The number of carbonyl (C=O) groups excluding carboxylic acids is 2. The van der Waals surface area contributed by atoms with Gasteiger partial charge in [0.1, 0.15) is 0 Å². The Hall–Kier alpha value is -2.46. The lowest BCUT2D eigenvalue weighted by atomic mass is 10.2. The first-order chi connectivity index (χ1) is 11.8. The van der Waals surface area contributed by atoms with Gasteiger partial charge in [0, 0.05) is 32.7 Å². The van der Waals surface area contributed by atoms with E-state index in [0.29, 0.717) is 26.2 Å². The molecule has 0 spiro atoms. The lowest BCUT2D eigenvalue weighted by Crippen LogP contribution is -2.52. The third-order valence-corrected chi connectivity index (χ3v) is 4.24. The number of hydrogen-bond donors (Lipinski definition) is 3. The first-order valence-electron chi connectivity index (χ1n) is 7.63. The Kier molecular flexibility index (Phi) is 8.57. The third-order valence-electron chi connectivity index (χ3n) is 3.33. The van der Waals surface area contributed by atoms with E-state index in [1.165, 1.54) is 11.3 Å². The summed E-state index contributed by atoms with van der Waals surface area (Å²) >= 11 is 1.48. The van der Waals surface area contributed by atoms with Gasteiger partial charge in [-0.3, -0.25) is 9.69 Å². The molecule has 2 heterocycles. The topological polar surface area (TPSA) is 127 Å². The number of carbonyl (C=O) groups is 4. The molecule has 1 saturated heterocycles. The molecule has 1 aromatic rings. The minimum absolute atomic E-state index is 0.00765. The number of urea groups is 1. The second kappa shape index (κ2) is 10.4. The van der Waals surface area contributed by atoms with Crippen molar-refractivity contribution in [1.29, 1.82) is 0 Å². The summed E-state index contributed by atoms with van der Waals surface area (Å²) < 4.78 is 0. The van der Waals surface area contributed by atoms with E-state index < -0.39 is 11.9 Å². The molecule has 1 aliphatic rings. The summed E-state index contributed by atoms with van der Waals surface area (Å²) in [6, 6.07) is 3.75. The van der Waals surface area contributed by atoms with Crippen molar-refractivity contribution in [2.75, 3.05) is 39.3 Å². The van der Waals surface area contributed by atoms with E-state index in [2.05, 4.69) is 10.2 Å². The highest BCUT2D eigenvalue weighted by atomic mass is 32.1. The molecule has 0 saturated carbocycles. The maximum absolute atomic E-state index is 12.0. The summed E-state index contributed by atoms with van der Waals surface area (Å²) in [6.45, 7) is 5.89. The Bertz CT molecular complexity index is 584. The zero-order chi connectivity index (χ0) is 18.8. The molecule has 25 heavy (non-hydrogen) atoms. The molecule has 138 valence electrons. The molecule has 0 bridgehead atoms. The molecule has 0 unspecified atom stereocenters. The fourth-order valence-corrected chi connectivity index (χ4v) is 2.75. The Morgan fingerprint density at radius 1 is 1.12 bits per heavy atom. The predicted molar refractivity (Wildman–Crippen MR) is 91.0 cm³/mol. The highest BCUT2D eigenvalue weighted by Crippen LogP contribution is 2.11. The number of piperazine rings is 1. The van der Waals surface area contributed by atoms with Crippen molar-refractivity contribution in [3.05, 3.63) is 22.4 Å². The van der Waals surface area contributed by atoms with Gasteiger partial charge in [-0.25, -0.2) is 14.4 Å². The molecule has 0 radical (unpaired) electrons. The summed E-state index contributed by atoms with van der Waals surface area (Å²) in [5.41, 5.74) is 0. The average molecular weight is 371 g/mol. The van der Waals surface area contributed by atoms with E-state index >= 15 is 0 Å². The number of carboxylic acid groups (broad SMARTS) is 2. The van der Waals surface area contributed by atoms with Gasteiger partial charge in [0.25, 0.3) is 0 Å². The van der Waals surface area contributed by atoms with E-state index in [9.17, 15) is 9.59 Å². The minimum atomic E-state index is -1.82. The molecule has 9 nitrogen and oxygen atoms in total. The van der Waals surface area contributed by atoms with Crippen LogP contribution in [0.2, 0.25) is 0 Å². The lowest BCUT2D eigenvalue weighted by Gasteiger charge is -2.34. The standard InChI is InChI=1S/C13H19N3O2S.C2H2O4/c1-2-14-13(18)16-7-5-15(6-8-16)10-11(17)12-4-3-9-19-12;3-1(4)2(5)6/h3-4,9H,2,5-8,10H2,1H3,(H,14,18);(H,3,4)(H,5,6). The van der Waals surface area contributed by atoms with Crippen molar-refractivity contribution >= 4 is 35.1 Å². The van der Waals surface area contributed by atoms with Crippen molar-refractivity contribution in [3.63, 3.8) is 0 Å². The molecule has 3 N–H and O–H groups in total. The number of amides is 2. The SMILES string of the molecule is CCNC(=O)N1CCN(CC(=O)c2cccs2)CC1.O=C(O)C(=O)O. The Labute approximate surface area is 148 Å². The van der Waals surface area contributed by atoms with E-state index in [4.69, 9.17) is 19.8 Å². The second-order valence-corrected chi connectivity index (χ2v) is 6.06. The zero-order valence-corrected chi connectivity index (χ0v) is 14.6. The maximum Gasteiger partial charge on any atom is 0.414 e. The number of Topliss-reactive ketones (excluding diaryl/α,β-unsaturated/α-hetero) is 1. The van der Waals surface area contributed by atoms with Crippen LogP contribution in [-0.2, 0) is 9.59 Å². The van der Waals surface area contributed by atoms with Crippen LogP contribution in [-0.4, -0.2) is 83.0 Å². The predicted octanol–water partition coefficient (Wildman–Crippen LogP) is 0.433. The molecule has 0 aliphatic carbocycles. The zero-order valence-electron chi connectivity index (χ0n) is 13.8. The van der Waals surface area contributed by atoms with Crippen LogP contribution in [0.4, 0.5) is 4.79 Å². The Morgan fingerprint density at radius 2 is 1.72 bits per heavy atom. The first kappa shape index (κ1) is 20.6. The van der Waals surface area contributed by atoms with Gasteiger partial charge in [-0.15, -0.1) is 11.3 Å². The minimum Gasteiger partial charge on any atom is -0.473 e. The molecule has 2 rings (SSSR count). The normalized spacial score (nSPS) is 14.2. The molecule has 0 aromatic carbocycles. The highest BCUT2D eigenvalue weighted by Gasteiger charge is 2.22. The van der Waals surface area contributed by atoms with Crippen LogP contribution >= 0.6 is 11.3 Å². The number of nitrogens with zero attached hydrogens (tertiary/aromatic N) is 2. The van der Waals surface area contributed by atoms with Gasteiger partial charge < -0.3 is 20.4 Å². The molecule has 2 amide bonds. The molecule has 0 atom stereocenters. The van der Waals surface area contributed by atoms with Crippen molar-refractivity contribution in [2.24, 2.45) is 0 Å². The van der Waals surface area contributed by atoms with Gasteiger partial charge >= 0.3 is 18.0 Å². The molecule has 10 heteroatoms. The van der Waals surface area contributed by atoms with Crippen molar-refractivity contribution < 1.29 is 29.4 Å². The van der Waals surface area contributed by atoms with E-state index in [0.717, 1.165) is 18.0 Å². The summed E-state index contributed by atoms with van der Waals surface area (Å²) in [7, 11) is 0. The van der Waals surface area contributed by atoms with Gasteiger partial charge in [-0.1, -0.05) is 6.07 Å². The highest BCUT2D eigenvalue weighted by molar-refractivity contribution is 7.12. The Morgan fingerprint density at radius 3 is 2.16 bits per heavy atom. The number of carboxylic acids is 2. The Balaban J connectivity index is 0.000000450. The molecular weight excluding hydrogens is 350 g/mol. The summed E-state index contributed by atoms with van der Waals surface area (Å²) in [6.07, 6.45) is 0. The van der Waals surface area contributed by atoms with Crippen molar-refractivity contribution in [1.82, 2.24) is 15.1 Å². The fourth-order valence-electron chi connectivity index (χ4n) is 2.09. The van der Waals surface area contributed by atoms with Crippen LogP contribution in [0.5, 0.6) is 0 Å². The number of ketones is 1. The largest absolute Gasteiger partial charge is 0.473 e. The van der Waals surface area contributed by atoms with Gasteiger partial charge in [0.05, 0.1) is 11.4 Å². The monoisotopic (exact) mass is 371 g/mol. The van der Waals surface area contributed by atoms with Gasteiger partial charge in [0.2, 0.25) is 0 Å². The van der Waals surface area contributed by atoms with Crippen molar-refractivity contribution in [3.8, 4) is 0 Å². The van der Waals surface area contributed by atoms with Crippen molar-refractivity contribution in [2.45, 2.75) is 6.92 Å². The first-order valence-corrected chi connectivity index (χ1v) is 8.51. The number of aliphatic carboxylic acids is 2. The average Bonchev–Trinajstić information content (AvgIpc) is 3.11. The fraction of sp³-hybridized carbons (Fsp3) is 0.467. The van der Waals surface area contributed by atoms with Crippen LogP contribution in [0.15, 0.2) is 17.5 Å². The molecular formula is C15H21N3O6S.